The number of carbonyl (C=O) groups excluding carboxylic acids is 1. The van der Waals surface area contributed by atoms with Crippen LogP contribution in [-0.2, 0) is 7.05 Å². The van der Waals surface area contributed by atoms with E-state index in [1.54, 1.807) is 0 Å². The molecule has 0 spiro atoms. The Bertz CT molecular complexity index is 830. The van der Waals surface area contributed by atoms with Crippen molar-refractivity contribution in [3.05, 3.63) is 65.4 Å². The van der Waals surface area contributed by atoms with Gasteiger partial charge in [-0.2, -0.15) is 0 Å². The molecule has 0 bridgehead atoms. The van der Waals surface area contributed by atoms with E-state index >= 15 is 0 Å². The molecule has 3 nitrogen and oxygen atoms in total. The topological polar surface area (TPSA) is 34.0 Å². The van der Waals surface area contributed by atoms with Crippen molar-refractivity contribution < 1.29 is 4.79 Å². The number of rotatable bonds is 2. The van der Waals surface area contributed by atoms with Gasteiger partial charge in [0, 0.05) is 35.4 Å². The van der Waals surface area contributed by atoms with Crippen molar-refractivity contribution in [1.82, 2.24) is 4.57 Å². The maximum atomic E-state index is 12.4. The molecule has 1 amide bonds. The van der Waals surface area contributed by atoms with Crippen molar-refractivity contribution >= 4 is 22.5 Å². The Morgan fingerprint density at radius 3 is 2.67 bits per heavy atom. The molecule has 0 saturated heterocycles. The van der Waals surface area contributed by atoms with Crippen LogP contribution in [0.5, 0.6) is 0 Å². The summed E-state index contributed by atoms with van der Waals surface area (Å²) in [5.41, 5.74) is 4.87. The molecule has 0 atom stereocenters. The van der Waals surface area contributed by atoms with Crippen LogP contribution in [0, 0.1) is 13.8 Å². The molecule has 0 aliphatic heterocycles. The Labute approximate surface area is 124 Å². The van der Waals surface area contributed by atoms with E-state index in [9.17, 15) is 4.79 Å². The van der Waals surface area contributed by atoms with Crippen molar-refractivity contribution in [3.8, 4) is 0 Å². The Morgan fingerprint density at radius 2 is 1.86 bits per heavy atom. The van der Waals surface area contributed by atoms with E-state index in [1.165, 1.54) is 0 Å². The highest BCUT2D eigenvalue weighted by atomic mass is 16.1. The van der Waals surface area contributed by atoms with Crippen molar-refractivity contribution in [3.63, 3.8) is 0 Å². The fourth-order valence-corrected chi connectivity index (χ4v) is 2.49. The molecule has 1 aromatic heterocycles. The second-order valence-corrected chi connectivity index (χ2v) is 5.47. The van der Waals surface area contributed by atoms with Crippen LogP contribution in [0.1, 0.15) is 21.5 Å². The van der Waals surface area contributed by atoms with Gasteiger partial charge in [0.2, 0.25) is 0 Å². The smallest absolute Gasteiger partial charge is 0.255 e. The van der Waals surface area contributed by atoms with Gasteiger partial charge in [0.15, 0.2) is 0 Å². The van der Waals surface area contributed by atoms with Crippen LogP contribution in [0.25, 0.3) is 10.9 Å². The maximum absolute atomic E-state index is 12.4. The van der Waals surface area contributed by atoms with E-state index in [4.69, 9.17) is 0 Å². The zero-order valence-electron chi connectivity index (χ0n) is 12.5. The molecular formula is C18H18N2O. The lowest BCUT2D eigenvalue weighted by atomic mass is 10.1. The van der Waals surface area contributed by atoms with E-state index < -0.39 is 0 Å². The number of anilines is 1. The molecule has 3 heteroatoms. The Kier molecular flexibility index (Phi) is 3.26. The van der Waals surface area contributed by atoms with E-state index in [0.717, 1.165) is 27.7 Å². The first-order chi connectivity index (χ1) is 10.0. The first-order valence-corrected chi connectivity index (χ1v) is 6.98. The summed E-state index contributed by atoms with van der Waals surface area (Å²) in [4.78, 5) is 12.4. The predicted octanol–water partition coefficient (Wildman–Crippen LogP) is 4.05. The number of fused-ring (bicyclic) bond motifs is 1. The molecule has 21 heavy (non-hydrogen) atoms. The van der Waals surface area contributed by atoms with Crippen LogP contribution in [-0.4, -0.2) is 10.5 Å². The molecule has 3 rings (SSSR count). The van der Waals surface area contributed by atoms with Gasteiger partial charge in [-0.3, -0.25) is 4.79 Å². The quantitative estimate of drug-likeness (QED) is 0.754. The lowest BCUT2D eigenvalue weighted by molar-refractivity contribution is 0.102. The molecule has 0 fully saturated rings. The number of nitrogens with one attached hydrogen (secondary N) is 1. The van der Waals surface area contributed by atoms with Gasteiger partial charge < -0.3 is 9.88 Å². The van der Waals surface area contributed by atoms with Crippen LogP contribution in [0.4, 0.5) is 5.69 Å². The van der Waals surface area contributed by atoms with Crippen LogP contribution < -0.4 is 5.32 Å². The molecule has 2 aromatic carbocycles. The van der Waals surface area contributed by atoms with Gasteiger partial charge >= 0.3 is 0 Å². The number of hydrogen-bond acceptors (Lipinski definition) is 1. The average Bonchev–Trinajstić information content (AvgIpc) is 2.84. The summed E-state index contributed by atoms with van der Waals surface area (Å²) in [5, 5.41) is 4.07. The zero-order valence-corrected chi connectivity index (χ0v) is 12.5. The third kappa shape index (κ3) is 2.55. The van der Waals surface area contributed by atoms with Crippen LogP contribution in [0.2, 0.25) is 0 Å². The summed E-state index contributed by atoms with van der Waals surface area (Å²) in [6, 6.07) is 13.8. The van der Waals surface area contributed by atoms with Gasteiger partial charge in [0.05, 0.1) is 0 Å². The lowest BCUT2D eigenvalue weighted by Crippen LogP contribution is -2.12. The molecule has 106 valence electrons. The van der Waals surface area contributed by atoms with Gasteiger partial charge in [-0.15, -0.1) is 0 Å². The second kappa shape index (κ2) is 5.09. The summed E-state index contributed by atoms with van der Waals surface area (Å²) in [5.74, 6) is -0.0746. The fraction of sp³-hybridized carbons (Fsp3) is 0.167. The van der Waals surface area contributed by atoms with Crippen molar-refractivity contribution in [2.75, 3.05) is 5.32 Å². The third-order valence-electron chi connectivity index (χ3n) is 3.79. The first kappa shape index (κ1) is 13.4. The highest BCUT2D eigenvalue weighted by molar-refractivity contribution is 6.06. The number of carbonyl (C=O) groups is 1. The summed E-state index contributed by atoms with van der Waals surface area (Å²) in [7, 11) is 2.00. The Balaban J connectivity index is 1.91. The number of hydrogen-bond donors (Lipinski definition) is 1. The van der Waals surface area contributed by atoms with Gasteiger partial charge in [0.25, 0.3) is 5.91 Å². The molecule has 1 heterocycles. The minimum Gasteiger partial charge on any atom is -0.351 e. The highest BCUT2D eigenvalue weighted by Gasteiger charge is 2.09. The van der Waals surface area contributed by atoms with Gasteiger partial charge in [-0.05, 0) is 55.3 Å². The molecule has 0 aliphatic rings. The van der Waals surface area contributed by atoms with Crippen LogP contribution >= 0.6 is 0 Å². The number of benzene rings is 2. The summed E-state index contributed by atoms with van der Waals surface area (Å²) < 4.78 is 2.04. The lowest BCUT2D eigenvalue weighted by Gasteiger charge is -2.09. The van der Waals surface area contributed by atoms with Crippen LogP contribution in [0.3, 0.4) is 0 Å². The third-order valence-corrected chi connectivity index (χ3v) is 3.79. The van der Waals surface area contributed by atoms with Crippen molar-refractivity contribution in [2.24, 2.45) is 7.05 Å². The molecule has 0 radical (unpaired) electrons. The first-order valence-electron chi connectivity index (χ1n) is 6.98. The van der Waals surface area contributed by atoms with Gasteiger partial charge in [0.1, 0.15) is 0 Å². The summed E-state index contributed by atoms with van der Waals surface area (Å²) in [6.45, 7) is 4.01. The monoisotopic (exact) mass is 278 g/mol. The van der Waals surface area contributed by atoms with E-state index in [2.05, 4.69) is 5.32 Å². The van der Waals surface area contributed by atoms with E-state index in [1.807, 2.05) is 74.1 Å². The number of nitrogens with zero attached hydrogens (tertiary/aromatic N) is 1. The highest BCUT2D eigenvalue weighted by Crippen LogP contribution is 2.20. The van der Waals surface area contributed by atoms with Crippen LogP contribution in [0.15, 0.2) is 48.7 Å². The Hall–Kier alpha value is -2.55. The number of aromatic nitrogens is 1. The summed E-state index contributed by atoms with van der Waals surface area (Å²) in [6.07, 6.45) is 2.00. The minimum absolute atomic E-state index is 0.0746. The standard InChI is InChI=1S/C18H18N2O/c1-12-4-5-13(2)16(10-12)19-18(21)15-6-7-17-14(11-15)8-9-20(17)3/h4-11H,1-3H3,(H,19,21). The van der Waals surface area contributed by atoms with E-state index in [0.29, 0.717) is 5.56 Å². The zero-order chi connectivity index (χ0) is 15.0. The largest absolute Gasteiger partial charge is 0.351 e. The van der Waals surface area contributed by atoms with Crippen molar-refractivity contribution in [2.45, 2.75) is 13.8 Å². The van der Waals surface area contributed by atoms with Gasteiger partial charge in [-0.1, -0.05) is 12.1 Å². The molecule has 1 N–H and O–H groups in total. The predicted molar refractivity (Wildman–Crippen MR) is 86.8 cm³/mol. The molecule has 0 unspecified atom stereocenters. The summed E-state index contributed by atoms with van der Waals surface area (Å²) >= 11 is 0. The Morgan fingerprint density at radius 1 is 1.05 bits per heavy atom. The number of amides is 1. The number of aryl methyl sites for hydroxylation is 3. The molecule has 3 aromatic rings. The molecule has 0 aliphatic carbocycles. The second-order valence-electron chi connectivity index (χ2n) is 5.47. The SMILES string of the molecule is Cc1ccc(C)c(NC(=O)c2ccc3c(ccn3C)c2)c1. The van der Waals surface area contributed by atoms with E-state index in [-0.39, 0.29) is 5.91 Å². The van der Waals surface area contributed by atoms with Crippen molar-refractivity contribution in [1.29, 1.82) is 0 Å². The minimum atomic E-state index is -0.0746. The fourth-order valence-electron chi connectivity index (χ4n) is 2.49. The molecular weight excluding hydrogens is 260 g/mol. The maximum Gasteiger partial charge on any atom is 0.255 e. The molecule has 0 saturated carbocycles. The average molecular weight is 278 g/mol. The van der Waals surface area contributed by atoms with Gasteiger partial charge in [-0.25, -0.2) is 0 Å². The normalized spacial score (nSPS) is 10.8.